The van der Waals surface area contributed by atoms with Gasteiger partial charge in [0.25, 0.3) is 0 Å². The molecule has 0 fully saturated rings. The summed E-state index contributed by atoms with van der Waals surface area (Å²) in [5.41, 5.74) is 23.4. The number of carbonyl (C=O) groups is 5. The van der Waals surface area contributed by atoms with E-state index in [9.17, 15) is 24.0 Å². The average Bonchev–Trinajstić information content (AvgIpc) is 3.41. The summed E-state index contributed by atoms with van der Waals surface area (Å²) in [4.78, 5) is 73.6. The first kappa shape index (κ1) is 72.9. The molecule has 28 nitrogen and oxygen atoms in total. The standard InChI is InChI=1S/C50H93N13O15/c1-49(2,3)78-48(68)13-11-9-7-5-4-6-8-10-12-47(67)60-50(17-14-44(64)54-20-26-69-32-38-75-41-35-72-29-23-57-61-51,18-15-45(65)55-21-27-70-33-39-76-42-36-73-30-24-58-62-52)19-16-46(66)56-22-28-71-34-40-77-43-37-74-31-25-59-63-53/h4-43H2,1-3H3,(H,54,64)(H,55,65)(H,56,66)(H,60,67). The van der Waals surface area contributed by atoms with E-state index in [0.29, 0.717) is 112 Å². The maximum atomic E-state index is 13.8. The van der Waals surface area contributed by atoms with Crippen molar-refractivity contribution in [2.75, 3.05) is 158 Å². The fraction of sp³-hybridized carbons (Fsp3) is 0.900. The Kier molecular flexibility index (Phi) is 50.4. The molecular weight excluding hydrogens is 1020 g/mol. The van der Waals surface area contributed by atoms with Crippen LogP contribution in [0.1, 0.15) is 124 Å². The van der Waals surface area contributed by atoms with Gasteiger partial charge in [-0.3, -0.25) is 24.0 Å². The zero-order valence-corrected chi connectivity index (χ0v) is 46.9. The van der Waals surface area contributed by atoms with Crippen LogP contribution in [0.3, 0.4) is 0 Å². The van der Waals surface area contributed by atoms with Gasteiger partial charge in [0.2, 0.25) is 23.6 Å². The van der Waals surface area contributed by atoms with Gasteiger partial charge in [0, 0.05) is 91.6 Å². The molecule has 0 bridgehead atoms. The predicted octanol–water partition coefficient (Wildman–Crippen LogP) is 5.85. The number of carbonyl (C=O) groups excluding carboxylic acids is 5. The number of azide groups is 3. The third kappa shape index (κ3) is 52.9. The molecule has 0 radical (unpaired) electrons. The van der Waals surface area contributed by atoms with Gasteiger partial charge in [0.1, 0.15) is 5.60 Å². The highest BCUT2D eigenvalue weighted by Crippen LogP contribution is 2.27. The first-order valence-corrected chi connectivity index (χ1v) is 27.4. The second-order valence-corrected chi connectivity index (χ2v) is 18.7. The molecule has 0 rings (SSSR count). The Labute approximate surface area is 460 Å². The van der Waals surface area contributed by atoms with Crippen LogP contribution in [0.5, 0.6) is 0 Å². The van der Waals surface area contributed by atoms with Crippen LogP contribution < -0.4 is 21.3 Å². The number of amides is 4. The van der Waals surface area contributed by atoms with E-state index in [-0.39, 0.29) is 134 Å². The van der Waals surface area contributed by atoms with Gasteiger partial charge in [0.15, 0.2) is 0 Å². The number of unbranched alkanes of at least 4 members (excludes halogenated alkanes) is 7. The van der Waals surface area contributed by atoms with E-state index in [1.807, 2.05) is 20.8 Å². The smallest absolute Gasteiger partial charge is 0.306 e. The maximum absolute atomic E-state index is 13.8. The van der Waals surface area contributed by atoms with Crippen molar-refractivity contribution >= 4 is 29.6 Å². The molecule has 78 heavy (non-hydrogen) atoms. The molecule has 28 heteroatoms. The number of hydrogen-bond acceptors (Lipinski definition) is 18. The topological polar surface area (TPSA) is 372 Å². The summed E-state index contributed by atoms with van der Waals surface area (Å²) in [7, 11) is 0. The van der Waals surface area contributed by atoms with Crippen LogP contribution in [-0.2, 0) is 71.3 Å². The zero-order chi connectivity index (χ0) is 57.3. The molecule has 0 aliphatic rings. The molecule has 0 aliphatic heterocycles. The Morgan fingerprint density at radius 1 is 0.372 bits per heavy atom. The lowest BCUT2D eigenvalue weighted by atomic mass is 9.82. The molecule has 0 unspecified atom stereocenters. The van der Waals surface area contributed by atoms with E-state index >= 15 is 0 Å². The summed E-state index contributed by atoms with van der Waals surface area (Å²) < 4.78 is 54.4. The van der Waals surface area contributed by atoms with Gasteiger partial charge >= 0.3 is 5.97 Å². The lowest BCUT2D eigenvalue weighted by molar-refractivity contribution is -0.155. The number of nitrogens with zero attached hydrogens (tertiary/aromatic N) is 9. The fourth-order valence-corrected chi connectivity index (χ4v) is 7.12. The van der Waals surface area contributed by atoms with Gasteiger partial charge in [-0.25, -0.2) is 0 Å². The zero-order valence-electron chi connectivity index (χ0n) is 46.9. The van der Waals surface area contributed by atoms with Gasteiger partial charge in [-0.2, -0.15) is 0 Å². The van der Waals surface area contributed by atoms with E-state index in [1.54, 1.807) is 0 Å². The number of nitrogens with one attached hydrogen (secondary N) is 4. The lowest BCUT2D eigenvalue weighted by Crippen LogP contribution is -2.50. The predicted molar refractivity (Wildman–Crippen MR) is 289 cm³/mol. The molecule has 0 saturated carbocycles. The summed E-state index contributed by atoms with van der Waals surface area (Å²) in [5.74, 6) is -1.28. The van der Waals surface area contributed by atoms with Crippen molar-refractivity contribution in [2.45, 2.75) is 135 Å². The van der Waals surface area contributed by atoms with Crippen LogP contribution in [0.15, 0.2) is 15.3 Å². The van der Waals surface area contributed by atoms with Crippen molar-refractivity contribution in [1.29, 1.82) is 0 Å². The summed E-state index contributed by atoms with van der Waals surface area (Å²) in [6.07, 6.45) is 8.26. The third-order valence-electron chi connectivity index (χ3n) is 11.0. The second-order valence-electron chi connectivity index (χ2n) is 18.7. The average molecular weight is 1120 g/mol. The van der Waals surface area contributed by atoms with Crippen molar-refractivity contribution in [3.63, 3.8) is 0 Å². The Bertz CT molecular complexity index is 1560. The van der Waals surface area contributed by atoms with Crippen molar-refractivity contribution in [2.24, 2.45) is 15.3 Å². The number of esters is 1. The van der Waals surface area contributed by atoms with Gasteiger partial charge < -0.3 is 68.6 Å². The lowest BCUT2D eigenvalue weighted by Gasteiger charge is -2.35. The van der Waals surface area contributed by atoms with E-state index < -0.39 is 11.1 Å². The Balaban J connectivity index is 5.51. The molecule has 4 N–H and O–H groups in total. The fourth-order valence-electron chi connectivity index (χ4n) is 7.12. The summed E-state index contributed by atoms with van der Waals surface area (Å²) in [6, 6.07) is 0. The number of ether oxygens (including phenoxy) is 10. The third-order valence-corrected chi connectivity index (χ3v) is 11.0. The van der Waals surface area contributed by atoms with Crippen LogP contribution in [-0.4, -0.2) is 199 Å². The first-order valence-electron chi connectivity index (χ1n) is 27.4. The summed E-state index contributed by atoms with van der Waals surface area (Å²) in [6.45, 7) is 12.5. The maximum Gasteiger partial charge on any atom is 0.306 e. The van der Waals surface area contributed by atoms with Crippen molar-refractivity contribution in [1.82, 2.24) is 21.3 Å². The van der Waals surface area contributed by atoms with E-state index in [1.165, 1.54) is 0 Å². The monoisotopic (exact) mass is 1120 g/mol. The highest BCUT2D eigenvalue weighted by atomic mass is 16.6. The molecule has 0 aliphatic carbocycles. The Morgan fingerprint density at radius 2 is 0.654 bits per heavy atom. The van der Waals surface area contributed by atoms with Crippen molar-refractivity contribution < 1.29 is 71.3 Å². The molecule has 4 amide bonds. The molecule has 0 aromatic carbocycles. The van der Waals surface area contributed by atoms with E-state index in [4.69, 9.17) is 64.0 Å². The quantitative estimate of drug-likeness (QED) is 0.0182. The number of rotatable bonds is 57. The molecule has 0 aromatic heterocycles. The minimum Gasteiger partial charge on any atom is -0.460 e. The minimum atomic E-state index is -1.09. The van der Waals surface area contributed by atoms with Gasteiger partial charge in [-0.15, -0.1) is 0 Å². The van der Waals surface area contributed by atoms with Crippen molar-refractivity contribution in [3.05, 3.63) is 31.3 Å². The van der Waals surface area contributed by atoms with Crippen LogP contribution in [0.25, 0.3) is 31.3 Å². The summed E-state index contributed by atoms with van der Waals surface area (Å²) >= 11 is 0. The molecule has 0 atom stereocenters. The molecule has 0 spiro atoms. The largest absolute Gasteiger partial charge is 0.460 e. The van der Waals surface area contributed by atoms with Crippen molar-refractivity contribution in [3.8, 4) is 0 Å². The van der Waals surface area contributed by atoms with Gasteiger partial charge in [-0.05, 0) is 69.5 Å². The Morgan fingerprint density at radius 3 is 0.962 bits per heavy atom. The first-order chi connectivity index (χ1) is 37.9. The molecule has 0 saturated heterocycles. The van der Waals surface area contributed by atoms with Crippen LogP contribution >= 0.6 is 0 Å². The van der Waals surface area contributed by atoms with E-state index in [0.717, 1.165) is 44.9 Å². The van der Waals surface area contributed by atoms with Gasteiger partial charge in [0.05, 0.1) is 119 Å². The van der Waals surface area contributed by atoms with Crippen LogP contribution in [0, 0.1) is 0 Å². The molecule has 0 heterocycles. The highest BCUT2D eigenvalue weighted by molar-refractivity contribution is 5.80. The number of hydrogen-bond donors (Lipinski definition) is 4. The Hall–Kier alpha value is -5.08. The van der Waals surface area contributed by atoms with E-state index in [2.05, 4.69) is 51.3 Å². The summed E-state index contributed by atoms with van der Waals surface area (Å²) in [5, 5.41) is 21.9. The SMILES string of the molecule is CC(C)(C)OC(=O)CCCCCCCCCCC(=O)NC(CCC(=O)NCCOCCOCCOCCN=[N+]=[N-])(CCC(=O)NCCOCCOCCOCCN=[N+]=[N-])CCC(=O)NCCOCCOCCOCCN=[N+]=[N-]. The normalized spacial score (nSPS) is 11.8. The minimum absolute atomic E-state index is 0.000352. The van der Waals surface area contributed by atoms with Crippen LogP contribution in [0.2, 0.25) is 0 Å². The van der Waals surface area contributed by atoms with Gasteiger partial charge in [-0.1, -0.05) is 53.9 Å². The second kappa shape index (κ2) is 53.9. The highest BCUT2D eigenvalue weighted by Gasteiger charge is 2.33. The molecule has 0 aromatic rings. The molecular formula is C50H93N13O15. The molecule has 448 valence electrons. The van der Waals surface area contributed by atoms with Crippen LogP contribution in [0.4, 0.5) is 0 Å².